The molecule has 0 aromatic carbocycles. The molecule has 3 N–H and O–H groups in total. The van der Waals surface area contributed by atoms with E-state index in [-0.39, 0.29) is 0 Å². The van der Waals surface area contributed by atoms with Crippen LogP contribution >= 0.6 is 11.3 Å². The van der Waals surface area contributed by atoms with Gasteiger partial charge in [-0.15, -0.1) is 11.3 Å². The second kappa shape index (κ2) is 3.67. The van der Waals surface area contributed by atoms with Gasteiger partial charge in [-0.2, -0.15) is 0 Å². The Bertz CT molecular complexity index is 674. The molecule has 0 radical (unpaired) electrons. The number of aryl methyl sites for hydroxylation is 2. The number of nitrogens with two attached hydrogens (primary N) is 1. The lowest BCUT2D eigenvalue weighted by Crippen LogP contribution is -2.11. The average Bonchev–Trinajstić information content (AvgIpc) is 2.76. The molecule has 2 aromatic heterocycles. The van der Waals surface area contributed by atoms with Crippen LogP contribution in [0.5, 0.6) is 0 Å². The second-order valence-electron chi connectivity index (χ2n) is 6.36. The standard InChI is InChI=1S/C14H18N4S/c1-14(2)6-8(14)11-16-12(18-15)10-7-4-3-5-9(7)19-13(10)17-11/h8H,3-6,15H2,1-2H3,(H,16,17,18). The Morgan fingerprint density at radius 2 is 2.11 bits per heavy atom. The van der Waals surface area contributed by atoms with E-state index >= 15 is 0 Å². The Hall–Kier alpha value is -1.20. The van der Waals surface area contributed by atoms with Crippen LogP contribution in [0.15, 0.2) is 0 Å². The van der Waals surface area contributed by atoms with Gasteiger partial charge in [0.1, 0.15) is 10.7 Å². The van der Waals surface area contributed by atoms with Crippen molar-refractivity contribution in [3.05, 3.63) is 16.3 Å². The Morgan fingerprint density at radius 3 is 2.79 bits per heavy atom. The molecule has 1 fully saturated rings. The summed E-state index contributed by atoms with van der Waals surface area (Å²) in [5, 5.41) is 1.17. The van der Waals surface area contributed by atoms with E-state index in [1.165, 1.54) is 35.1 Å². The lowest BCUT2D eigenvalue weighted by atomic mass is 10.1. The van der Waals surface area contributed by atoms with Crippen molar-refractivity contribution in [3.63, 3.8) is 0 Å². The fraction of sp³-hybridized carbons (Fsp3) is 0.571. The smallest absolute Gasteiger partial charge is 0.152 e. The maximum Gasteiger partial charge on any atom is 0.152 e. The summed E-state index contributed by atoms with van der Waals surface area (Å²) in [6.07, 6.45) is 4.75. The number of fused-ring (bicyclic) bond motifs is 3. The van der Waals surface area contributed by atoms with Gasteiger partial charge in [0.05, 0.1) is 5.39 Å². The molecule has 0 aliphatic heterocycles. The first-order valence-corrected chi connectivity index (χ1v) is 7.70. The maximum atomic E-state index is 5.69. The molecular weight excluding hydrogens is 256 g/mol. The molecule has 1 unspecified atom stereocenters. The van der Waals surface area contributed by atoms with Crippen molar-refractivity contribution in [2.24, 2.45) is 11.3 Å². The van der Waals surface area contributed by atoms with E-state index in [0.29, 0.717) is 11.3 Å². The zero-order valence-electron chi connectivity index (χ0n) is 11.3. The highest BCUT2D eigenvalue weighted by Crippen LogP contribution is 2.58. The van der Waals surface area contributed by atoms with Gasteiger partial charge < -0.3 is 5.43 Å². The number of nitrogens with zero attached hydrogens (tertiary/aromatic N) is 2. The summed E-state index contributed by atoms with van der Waals surface area (Å²) in [6, 6.07) is 0. The first kappa shape index (κ1) is 11.6. The van der Waals surface area contributed by atoms with Crippen LogP contribution in [-0.4, -0.2) is 9.97 Å². The second-order valence-corrected chi connectivity index (χ2v) is 7.44. The molecule has 1 saturated carbocycles. The molecule has 2 aliphatic carbocycles. The van der Waals surface area contributed by atoms with Crippen molar-refractivity contribution in [1.82, 2.24) is 9.97 Å². The number of hydrazine groups is 1. The molecule has 4 rings (SSSR count). The molecule has 0 spiro atoms. The minimum atomic E-state index is 0.347. The minimum Gasteiger partial charge on any atom is -0.308 e. The highest BCUT2D eigenvalue weighted by molar-refractivity contribution is 7.19. The molecule has 5 heteroatoms. The summed E-state index contributed by atoms with van der Waals surface area (Å²) in [5.74, 6) is 7.96. The van der Waals surface area contributed by atoms with Crippen LogP contribution in [0.4, 0.5) is 5.82 Å². The molecule has 2 aliphatic rings. The summed E-state index contributed by atoms with van der Waals surface area (Å²) in [4.78, 5) is 12.1. The van der Waals surface area contributed by atoms with Crippen LogP contribution in [-0.2, 0) is 12.8 Å². The van der Waals surface area contributed by atoms with Gasteiger partial charge in [0.2, 0.25) is 0 Å². The van der Waals surface area contributed by atoms with Gasteiger partial charge >= 0.3 is 0 Å². The number of aromatic nitrogens is 2. The van der Waals surface area contributed by atoms with Crippen LogP contribution in [0.25, 0.3) is 10.2 Å². The van der Waals surface area contributed by atoms with Crippen LogP contribution in [0.2, 0.25) is 0 Å². The minimum absolute atomic E-state index is 0.347. The first-order chi connectivity index (χ1) is 9.10. The number of anilines is 1. The van der Waals surface area contributed by atoms with E-state index in [0.717, 1.165) is 22.9 Å². The number of hydrogen-bond acceptors (Lipinski definition) is 5. The summed E-state index contributed by atoms with van der Waals surface area (Å²) in [6.45, 7) is 4.55. The van der Waals surface area contributed by atoms with Gasteiger partial charge in [-0.1, -0.05) is 13.8 Å². The van der Waals surface area contributed by atoms with Crippen LogP contribution in [0.3, 0.4) is 0 Å². The molecular formula is C14H18N4S. The van der Waals surface area contributed by atoms with Crippen molar-refractivity contribution in [3.8, 4) is 0 Å². The third kappa shape index (κ3) is 1.61. The highest BCUT2D eigenvalue weighted by Gasteiger charge is 2.49. The fourth-order valence-corrected chi connectivity index (χ4v) is 4.45. The molecule has 0 amide bonds. The average molecular weight is 274 g/mol. The van der Waals surface area contributed by atoms with Gasteiger partial charge in [0, 0.05) is 10.8 Å². The molecule has 19 heavy (non-hydrogen) atoms. The molecule has 2 heterocycles. The molecule has 0 saturated heterocycles. The van der Waals surface area contributed by atoms with E-state index in [9.17, 15) is 0 Å². The van der Waals surface area contributed by atoms with Gasteiger partial charge in [0.25, 0.3) is 0 Å². The van der Waals surface area contributed by atoms with Crippen molar-refractivity contribution in [1.29, 1.82) is 0 Å². The van der Waals surface area contributed by atoms with Crippen LogP contribution < -0.4 is 11.3 Å². The quantitative estimate of drug-likeness (QED) is 0.653. The fourth-order valence-electron chi connectivity index (χ4n) is 3.18. The number of nitrogens with one attached hydrogen (secondary N) is 1. The summed E-state index contributed by atoms with van der Waals surface area (Å²) in [7, 11) is 0. The third-order valence-electron chi connectivity index (χ3n) is 4.54. The van der Waals surface area contributed by atoms with Gasteiger partial charge in [-0.3, -0.25) is 0 Å². The van der Waals surface area contributed by atoms with Crippen LogP contribution in [0, 0.1) is 5.41 Å². The predicted octanol–water partition coefficient (Wildman–Crippen LogP) is 2.98. The van der Waals surface area contributed by atoms with Crippen molar-refractivity contribution in [2.75, 3.05) is 5.43 Å². The lowest BCUT2D eigenvalue weighted by Gasteiger charge is -2.07. The van der Waals surface area contributed by atoms with Gasteiger partial charge in [-0.25, -0.2) is 15.8 Å². The molecule has 0 bridgehead atoms. The van der Waals surface area contributed by atoms with Crippen molar-refractivity contribution in [2.45, 2.75) is 45.4 Å². The van der Waals surface area contributed by atoms with E-state index in [4.69, 9.17) is 10.8 Å². The molecule has 100 valence electrons. The third-order valence-corrected chi connectivity index (χ3v) is 5.73. The highest BCUT2D eigenvalue weighted by atomic mass is 32.1. The molecule has 4 nitrogen and oxygen atoms in total. The van der Waals surface area contributed by atoms with E-state index in [2.05, 4.69) is 24.3 Å². The van der Waals surface area contributed by atoms with Crippen LogP contribution in [0.1, 0.15) is 48.9 Å². The Kier molecular flexibility index (Phi) is 2.24. The van der Waals surface area contributed by atoms with Gasteiger partial charge in [0.15, 0.2) is 5.82 Å². The van der Waals surface area contributed by atoms with E-state index in [1.807, 2.05) is 11.3 Å². The van der Waals surface area contributed by atoms with Crippen molar-refractivity contribution < 1.29 is 0 Å². The molecule has 1 atom stereocenters. The topological polar surface area (TPSA) is 63.8 Å². The van der Waals surface area contributed by atoms with E-state index in [1.54, 1.807) is 0 Å². The maximum absolute atomic E-state index is 5.69. The normalized spacial score (nSPS) is 23.6. The summed E-state index contributed by atoms with van der Waals surface area (Å²) < 4.78 is 0. The first-order valence-electron chi connectivity index (χ1n) is 6.89. The number of hydrogen-bond donors (Lipinski definition) is 2. The Labute approximate surface area is 116 Å². The number of thiophene rings is 1. The zero-order valence-corrected chi connectivity index (χ0v) is 12.1. The SMILES string of the molecule is CC1(C)CC1c1nc(NN)c2c3c(sc2n1)CCC3. The summed E-state index contributed by atoms with van der Waals surface area (Å²) >= 11 is 1.83. The van der Waals surface area contributed by atoms with Gasteiger partial charge in [-0.05, 0) is 36.7 Å². The lowest BCUT2D eigenvalue weighted by molar-refractivity contribution is 0.610. The summed E-state index contributed by atoms with van der Waals surface area (Å²) in [5.41, 5.74) is 4.56. The number of nitrogen functional groups attached to an aromatic ring is 1. The van der Waals surface area contributed by atoms with Crippen molar-refractivity contribution >= 4 is 27.4 Å². The number of rotatable bonds is 2. The monoisotopic (exact) mass is 274 g/mol. The Balaban J connectivity index is 1.91. The predicted molar refractivity (Wildman–Crippen MR) is 78.4 cm³/mol. The zero-order chi connectivity index (χ0) is 13.2. The molecule has 2 aromatic rings. The Morgan fingerprint density at radius 1 is 1.32 bits per heavy atom. The van der Waals surface area contributed by atoms with E-state index < -0.39 is 0 Å². The largest absolute Gasteiger partial charge is 0.308 e.